The van der Waals surface area contributed by atoms with Crippen molar-refractivity contribution in [1.29, 1.82) is 0 Å². The van der Waals surface area contributed by atoms with Gasteiger partial charge in [0.1, 0.15) is 6.61 Å². The number of nitrogens with one attached hydrogen (secondary N) is 2. The van der Waals surface area contributed by atoms with Crippen molar-refractivity contribution in [3.8, 4) is 5.88 Å². The molecule has 0 aromatic carbocycles. The molecule has 152 valence electrons. The molecule has 2 atom stereocenters. The van der Waals surface area contributed by atoms with Crippen LogP contribution >= 0.6 is 0 Å². The molecule has 1 aliphatic carbocycles. The smallest absolute Gasteiger partial charge is 0.476 e. The quantitative estimate of drug-likeness (QED) is 0.686. The molecule has 0 radical (unpaired) electrons. The lowest BCUT2D eigenvalue weighted by Crippen LogP contribution is -2.43. The van der Waals surface area contributed by atoms with Gasteiger partial charge in [-0.3, -0.25) is 4.79 Å². The van der Waals surface area contributed by atoms with Gasteiger partial charge in [-0.05, 0) is 45.1 Å². The number of alkyl halides is 3. The van der Waals surface area contributed by atoms with Gasteiger partial charge in [-0.2, -0.15) is 13.2 Å². The summed E-state index contributed by atoms with van der Waals surface area (Å²) in [6.07, 6.45) is 3.57. The van der Waals surface area contributed by atoms with Gasteiger partial charge < -0.3 is 10.1 Å². The lowest BCUT2D eigenvalue weighted by atomic mass is 10.1. The number of aryl methyl sites for hydroxylation is 1. The molecule has 1 amide bonds. The van der Waals surface area contributed by atoms with Crippen molar-refractivity contribution in [2.24, 2.45) is 5.92 Å². The van der Waals surface area contributed by atoms with Crippen LogP contribution in [-0.2, 0) is 10.0 Å². The van der Waals surface area contributed by atoms with Gasteiger partial charge in [0.2, 0.25) is 5.88 Å². The number of pyridine rings is 1. The summed E-state index contributed by atoms with van der Waals surface area (Å²) in [4.78, 5) is 16.3. The zero-order chi connectivity index (χ0) is 20.4. The molecule has 1 aliphatic rings. The molecule has 11 heteroatoms. The highest BCUT2D eigenvalue weighted by Crippen LogP contribution is 2.32. The van der Waals surface area contributed by atoms with E-state index in [4.69, 9.17) is 4.74 Å². The molecule has 1 unspecified atom stereocenters. The second kappa shape index (κ2) is 8.01. The Morgan fingerprint density at radius 1 is 1.37 bits per heavy atom. The third-order valence-electron chi connectivity index (χ3n) is 4.15. The first-order valence-corrected chi connectivity index (χ1v) is 9.88. The number of nitrogens with zero attached hydrogens (tertiary/aromatic N) is 1. The summed E-state index contributed by atoms with van der Waals surface area (Å²) in [5.41, 5.74) is -4.43. The summed E-state index contributed by atoms with van der Waals surface area (Å²) in [6.45, 7) is 4.47. The minimum Gasteiger partial charge on any atom is -0.476 e. The average molecular weight is 409 g/mol. The van der Waals surface area contributed by atoms with Crippen molar-refractivity contribution in [2.75, 3.05) is 6.61 Å². The number of sulfonamides is 1. The maximum absolute atomic E-state index is 12.4. The highest BCUT2D eigenvalue weighted by Gasteiger charge is 2.46. The first-order valence-electron chi connectivity index (χ1n) is 8.39. The highest BCUT2D eigenvalue weighted by molar-refractivity contribution is 7.90. The lowest BCUT2D eigenvalue weighted by molar-refractivity contribution is -0.0451. The molecule has 2 rings (SSSR count). The van der Waals surface area contributed by atoms with Crippen LogP contribution in [0.1, 0.15) is 42.6 Å². The van der Waals surface area contributed by atoms with Crippen LogP contribution in [0.25, 0.3) is 0 Å². The van der Waals surface area contributed by atoms with Gasteiger partial charge in [0.15, 0.2) is 0 Å². The fourth-order valence-corrected chi connectivity index (χ4v) is 3.13. The molecule has 0 spiro atoms. The van der Waals surface area contributed by atoms with Crippen LogP contribution in [0.5, 0.6) is 5.88 Å². The molecule has 1 heterocycles. The molecule has 1 aromatic heterocycles. The first kappa shape index (κ1) is 21.4. The highest BCUT2D eigenvalue weighted by atomic mass is 32.2. The van der Waals surface area contributed by atoms with Gasteiger partial charge in [-0.25, -0.2) is 18.1 Å². The molecular formula is C16H22F3N3O4S. The predicted molar refractivity (Wildman–Crippen MR) is 91.7 cm³/mol. The largest absolute Gasteiger partial charge is 0.511 e. The summed E-state index contributed by atoms with van der Waals surface area (Å²) < 4.78 is 65.9. The normalized spacial score (nSPS) is 17.3. The third-order valence-corrected chi connectivity index (χ3v) is 5.47. The lowest BCUT2D eigenvalue weighted by Gasteiger charge is -2.17. The number of carbonyl (C=O) groups is 1. The van der Waals surface area contributed by atoms with Crippen molar-refractivity contribution in [1.82, 2.24) is 15.0 Å². The maximum Gasteiger partial charge on any atom is 0.511 e. The van der Waals surface area contributed by atoms with Crippen LogP contribution in [0.2, 0.25) is 0 Å². The Kier molecular flexibility index (Phi) is 6.35. The van der Waals surface area contributed by atoms with Gasteiger partial charge in [0.05, 0.1) is 6.04 Å². The Bertz CT molecular complexity index is 795. The number of hydrogen-bond acceptors (Lipinski definition) is 5. The van der Waals surface area contributed by atoms with E-state index in [1.165, 1.54) is 23.9 Å². The van der Waals surface area contributed by atoms with E-state index in [1.54, 1.807) is 6.92 Å². The van der Waals surface area contributed by atoms with E-state index in [2.05, 4.69) is 10.3 Å². The van der Waals surface area contributed by atoms with E-state index in [1.807, 2.05) is 6.92 Å². The van der Waals surface area contributed by atoms with E-state index < -0.39 is 21.6 Å². The van der Waals surface area contributed by atoms with Crippen molar-refractivity contribution in [3.63, 3.8) is 0 Å². The summed E-state index contributed by atoms with van der Waals surface area (Å²) in [5.74, 6) is 0.210. The van der Waals surface area contributed by atoms with E-state index in [0.717, 1.165) is 12.8 Å². The third kappa shape index (κ3) is 5.80. The predicted octanol–water partition coefficient (Wildman–Crippen LogP) is 2.12. The Morgan fingerprint density at radius 3 is 2.56 bits per heavy atom. The number of amides is 1. The van der Waals surface area contributed by atoms with Crippen molar-refractivity contribution in [3.05, 3.63) is 23.4 Å². The Hall–Kier alpha value is -1.88. The summed E-state index contributed by atoms with van der Waals surface area (Å²) in [6, 6.07) is 0.285. The number of aromatic nitrogens is 1. The molecule has 2 N–H and O–H groups in total. The number of carbonyl (C=O) groups excluding carboxylic acids is 1. The van der Waals surface area contributed by atoms with E-state index in [0.29, 0.717) is 17.0 Å². The van der Waals surface area contributed by atoms with Crippen LogP contribution < -0.4 is 14.8 Å². The second-order valence-corrected chi connectivity index (χ2v) is 8.42. The topological polar surface area (TPSA) is 97.4 Å². The fraction of sp³-hybridized carbons (Fsp3) is 0.625. The second-order valence-electron chi connectivity index (χ2n) is 6.72. The molecular weight excluding hydrogens is 387 g/mol. The number of rotatable bonds is 8. The van der Waals surface area contributed by atoms with Crippen molar-refractivity contribution in [2.45, 2.75) is 51.2 Å². The average Bonchev–Trinajstić information content (AvgIpc) is 3.37. The zero-order valence-electron chi connectivity index (χ0n) is 15.1. The number of hydrogen-bond donors (Lipinski definition) is 2. The van der Waals surface area contributed by atoms with E-state index in [9.17, 15) is 26.4 Å². The minimum atomic E-state index is -5.46. The van der Waals surface area contributed by atoms with Crippen molar-refractivity contribution >= 4 is 15.9 Å². The van der Waals surface area contributed by atoms with Gasteiger partial charge >= 0.3 is 15.5 Å². The van der Waals surface area contributed by atoms with E-state index >= 15 is 0 Å². The van der Waals surface area contributed by atoms with E-state index in [-0.39, 0.29) is 24.4 Å². The molecule has 0 bridgehead atoms. The Balaban J connectivity index is 1.98. The van der Waals surface area contributed by atoms with Crippen LogP contribution in [0.4, 0.5) is 13.2 Å². The van der Waals surface area contributed by atoms with Crippen LogP contribution in [0.15, 0.2) is 12.3 Å². The van der Waals surface area contributed by atoms with Crippen LogP contribution in [0.3, 0.4) is 0 Å². The summed E-state index contributed by atoms with van der Waals surface area (Å²) >= 11 is 0. The van der Waals surface area contributed by atoms with Gasteiger partial charge in [0, 0.05) is 23.9 Å². The molecule has 7 nitrogen and oxygen atoms in total. The monoisotopic (exact) mass is 409 g/mol. The number of ether oxygens (including phenoxy) is 1. The molecule has 1 saturated carbocycles. The van der Waals surface area contributed by atoms with Gasteiger partial charge in [0.25, 0.3) is 5.91 Å². The minimum absolute atomic E-state index is 0.0166. The number of halogens is 3. The zero-order valence-corrected chi connectivity index (χ0v) is 15.9. The molecule has 1 fully saturated rings. The van der Waals surface area contributed by atoms with Crippen molar-refractivity contribution < 1.29 is 31.1 Å². The summed E-state index contributed by atoms with van der Waals surface area (Å²) in [7, 11) is -5.46. The van der Waals surface area contributed by atoms with Gasteiger partial charge in [-0.15, -0.1) is 0 Å². The first-order chi connectivity index (χ1) is 12.4. The Morgan fingerprint density at radius 2 is 2.00 bits per heavy atom. The standard InChI is InChI=1S/C16H22F3N3O4S/c1-9-7-20-14(6-13(9)15(23)21-11(3)12-4-5-12)26-8-10(2)22-27(24,25)16(17,18)19/h6-7,10-12,22H,4-5,8H2,1-3H3,(H,21,23)/t10-,11?/m0/s1. The SMILES string of the molecule is Cc1cnc(OC[C@H](C)NS(=O)(=O)C(F)(F)F)cc1C(=O)NC(C)C1CC1. The molecule has 0 aliphatic heterocycles. The van der Waals surface area contributed by atoms with Crippen LogP contribution in [0, 0.1) is 12.8 Å². The summed E-state index contributed by atoms with van der Waals surface area (Å²) in [5, 5.41) is 2.90. The Labute approximate surface area is 155 Å². The molecule has 1 aromatic rings. The van der Waals surface area contributed by atoms with Gasteiger partial charge in [-0.1, -0.05) is 0 Å². The fourth-order valence-electron chi connectivity index (χ4n) is 2.40. The molecule has 27 heavy (non-hydrogen) atoms. The maximum atomic E-state index is 12.4. The molecule has 0 saturated heterocycles. The van der Waals surface area contributed by atoms with Crippen LogP contribution in [-0.4, -0.2) is 43.5 Å².